The van der Waals surface area contributed by atoms with Crippen LogP contribution in [0.15, 0.2) is 24.3 Å². The molecule has 1 heterocycles. The van der Waals surface area contributed by atoms with Crippen LogP contribution in [0.2, 0.25) is 0 Å². The van der Waals surface area contributed by atoms with Crippen LogP contribution in [0, 0.1) is 0 Å². The number of anilines is 1. The first-order chi connectivity index (χ1) is 10.8. The first-order valence-corrected chi connectivity index (χ1v) is 8.13. The third kappa shape index (κ3) is 6.03. The Kier molecular flexibility index (Phi) is 7.19. The van der Waals surface area contributed by atoms with Crippen LogP contribution in [-0.2, 0) is 11.2 Å². The lowest BCUT2D eigenvalue weighted by molar-refractivity contribution is 0.198. The Morgan fingerprint density at radius 3 is 2.59 bits per heavy atom. The fourth-order valence-electron chi connectivity index (χ4n) is 2.67. The monoisotopic (exact) mass is 305 g/mol. The van der Waals surface area contributed by atoms with Crippen molar-refractivity contribution in [2.75, 3.05) is 45.2 Å². The lowest BCUT2D eigenvalue weighted by Crippen LogP contribution is -2.31. The van der Waals surface area contributed by atoms with Crippen LogP contribution in [0.1, 0.15) is 24.8 Å². The largest absolute Gasteiger partial charge is 0.383 e. The predicted octanol–water partition coefficient (Wildman–Crippen LogP) is 2.48. The molecule has 0 unspecified atom stereocenters. The molecular formula is C17H27N3O2. The van der Waals surface area contributed by atoms with Crippen LogP contribution in [0.5, 0.6) is 0 Å². The highest BCUT2D eigenvalue weighted by Gasteiger charge is 2.09. The van der Waals surface area contributed by atoms with Crippen molar-refractivity contribution in [2.45, 2.75) is 25.7 Å². The van der Waals surface area contributed by atoms with Gasteiger partial charge in [0.15, 0.2) is 0 Å². The quantitative estimate of drug-likeness (QED) is 0.761. The highest BCUT2D eigenvalue weighted by Crippen LogP contribution is 2.12. The summed E-state index contributed by atoms with van der Waals surface area (Å²) >= 11 is 0. The Morgan fingerprint density at radius 2 is 1.91 bits per heavy atom. The van der Waals surface area contributed by atoms with E-state index in [0.29, 0.717) is 13.2 Å². The lowest BCUT2D eigenvalue weighted by Gasteiger charge is -2.26. The number of nitrogens with one attached hydrogen (secondary N) is 2. The number of methoxy groups -OCH3 is 1. The second-order valence-corrected chi connectivity index (χ2v) is 5.72. The summed E-state index contributed by atoms with van der Waals surface area (Å²) in [6, 6.07) is 7.91. The molecule has 1 aromatic rings. The number of ether oxygens (including phenoxy) is 1. The molecule has 1 aliphatic rings. The van der Waals surface area contributed by atoms with E-state index >= 15 is 0 Å². The summed E-state index contributed by atoms with van der Waals surface area (Å²) in [4.78, 5) is 14.2. The van der Waals surface area contributed by atoms with E-state index in [4.69, 9.17) is 4.74 Å². The van der Waals surface area contributed by atoms with E-state index in [1.807, 2.05) is 12.1 Å². The summed E-state index contributed by atoms with van der Waals surface area (Å²) in [5.41, 5.74) is 2.13. The third-order valence-electron chi connectivity index (χ3n) is 3.97. The smallest absolute Gasteiger partial charge is 0.319 e. The second-order valence-electron chi connectivity index (χ2n) is 5.72. The molecule has 0 aromatic heterocycles. The Hall–Kier alpha value is -1.59. The van der Waals surface area contributed by atoms with Crippen molar-refractivity contribution in [3.63, 3.8) is 0 Å². The van der Waals surface area contributed by atoms with E-state index in [1.54, 1.807) is 7.11 Å². The number of urea groups is 1. The highest BCUT2D eigenvalue weighted by atomic mass is 16.5. The maximum atomic E-state index is 11.6. The number of benzene rings is 1. The summed E-state index contributed by atoms with van der Waals surface area (Å²) in [7, 11) is 1.61. The summed E-state index contributed by atoms with van der Waals surface area (Å²) in [6.45, 7) is 4.63. The minimum Gasteiger partial charge on any atom is -0.383 e. The third-order valence-corrected chi connectivity index (χ3v) is 3.97. The zero-order valence-corrected chi connectivity index (χ0v) is 13.4. The molecule has 2 N–H and O–H groups in total. The van der Waals surface area contributed by atoms with Crippen LogP contribution in [0.4, 0.5) is 10.5 Å². The van der Waals surface area contributed by atoms with Gasteiger partial charge in [0.25, 0.3) is 0 Å². The van der Waals surface area contributed by atoms with Gasteiger partial charge in [0.05, 0.1) is 6.61 Å². The first kappa shape index (κ1) is 16.8. The van der Waals surface area contributed by atoms with Crippen molar-refractivity contribution in [3.8, 4) is 0 Å². The molecule has 5 nitrogen and oxygen atoms in total. The molecular weight excluding hydrogens is 278 g/mol. The SMILES string of the molecule is COCCNC(=O)Nc1ccc(CCN2CCCCC2)cc1. The van der Waals surface area contributed by atoms with E-state index in [1.165, 1.54) is 37.9 Å². The number of hydrogen-bond donors (Lipinski definition) is 2. The van der Waals surface area contributed by atoms with Gasteiger partial charge in [0.2, 0.25) is 0 Å². The Balaban J connectivity index is 1.71. The molecule has 2 amide bonds. The molecule has 1 saturated heterocycles. The second kappa shape index (κ2) is 9.43. The van der Waals surface area contributed by atoms with Crippen molar-refractivity contribution in [1.29, 1.82) is 0 Å². The molecule has 1 aliphatic heterocycles. The zero-order chi connectivity index (χ0) is 15.6. The van der Waals surface area contributed by atoms with E-state index in [2.05, 4.69) is 27.7 Å². The molecule has 122 valence electrons. The van der Waals surface area contributed by atoms with E-state index in [-0.39, 0.29) is 6.03 Å². The van der Waals surface area contributed by atoms with Gasteiger partial charge in [-0.3, -0.25) is 0 Å². The first-order valence-electron chi connectivity index (χ1n) is 8.13. The van der Waals surface area contributed by atoms with Crippen molar-refractivity contribution in [1.82, 2.24) is 10.2 Å². The van der Waals surface area contributed by atoms with Crippen LogP contribution in [0.3, 0.4) is 0 Å². The molecule has 1 aromatic carbocycles. The summed E-state index contributed by atoms with van der Waals surface area (Å²) < 4.78 is 4.89. The van der Waals surface area contributed by atoms with Crippen molar-refractivity contribution >= 4 is 11.7 Å². The minimum absolute atomic E-state index is 0.196. The average Bonchev–Trinajstić information content (AvgIpc) is 2.55. The highest BCUT2D eigenvalue weighted by molar-refractivity contribution is 5.89. The fourth-order valence-corrected chi connectivity index (χ4v) is 2.67. The number of nitrogens with zero attached hydrogens (tertiary/aromatic N) is 1. The van der Waals surface area contributed by atoms with Gasteiger partial charge in [-0.25, -0.2) is 4.79 Å². The maximum absolute atomic E-state index is 11.6. The van der Waals surface area contributed by atoms with Crippen LogP contribution >= 0.6 is 0 Å². The molecule has 22 heavy (non-hydrogen) atoms. The van der Waals surface area contributed by atoms with E-state index in [9.17, 15) is 4.79 Å². The van der Waals surface area contributed by atoms with Crippen LogP contribution in [-0.4, -0.2) is 50.8 Å². The Bertz CT molecular complexity index is 442. The summed E-state index contributed by atoms with van der Waals surface area (Å²) in [5.74, 6) is 0. The fraction of sp³-hybridized carbons (Fsp3) is 0.588. The van der Waals surface area contributed by atoms with Crippen molar-refractivity contribution in [3.05, 3.63) is 29.8 Å². The molecule has 0 aliphatic carbocycles. The van der Waals surface area contributed by atoms with Crippen LogP contribution in [0.25, 0.3) is 0 Å². The maximum Gasteiger partial charge on any atom is 0.319 e. The van der Waals surface area contributed by atoms with Gasteiger partial charge in [-0.1, -0.05) is 18.6 Å². The molecule has 5 heteroatoms. The van der Waals surface area contributed by atoms with E-state index in [0.717, 1.165) is 18.7 Å². The molecule has 0 saturated carbocycles. The molecule has 1 fully saturated rings. The predicted molar refractivity (Wildman–Crippen MR) is 89.3 cm³/mol. The van der Waals surface area contributed by atoms with Gasteiger partial charge >= 0.3 is 6.03 Å². The number of hydrogen-bond acceptors (Lipinski definition) is 3. The number of likely N-dealkylation sites (tertiary alicyclic amines) is 1. The topological polar surface area (TPSA) is 53.6 Å². The standard InChI is InChI=1S/C17H27N3O2/c1-22-14-10-18-17(21)19-16-7-5-15(6-8-16)9-13-20-11-3-2-4-12-20/h5-8H,2-4,9-14H2,1H3,(H2,18,19,21). The normalized spacial score (nSPS) is 15.5. The van der Waals surface area contributed by atoms with Gasteiger partial charge in [0, 0.05) is 25.9 Å². The van der Waals surface area contributed by atoms with Gasteiger partial charge < -0.3 is 20.3 Å². The summed E-state index contributed by atoms with van der Waals surface area (Å²) in [6.07, 6.45) is 5.12. The number of carbonyl (C=O) groups excluding carboxylic acids is 1. The lowest BCUT2D eigenvalue weighted by atomic mass is 10.1. The average molecular weight is 305 g/mol. The minimum atomic E-state index is -0.196. The number of amides is 2. The Labute approximate surface area is 133 Å². The molecule has 0 bridgehead atoms. The molecule has 0 spiro atoms. The van der Waals surface area contributed by atoms with Gasteiger partial charge in [-0.05, 0) is 50.0 Å². The van der Waals surface area contributed by atoms with Crippen molar-refractivity contribution in [2.24, 2.45) is 0 Å². The number of rotatable bonds is 7. The van der Waals surface area contributed by atoms with Gasteiger partial charge in [-0.15, -0.1) is 0 Å². The number of carbonyl (C=O) groups is 1. The zero-order valence-electron chi connectivity index (χ0n) is 13.4. The van der Waals surface area contributed by atoms with Gasteiger partial charge in [0.1, 0.15) is 0 Å². The molecule has 0 atom stereocenters. The number of piperidine rings is 1. The summed E-state index contributed by atoms with van der Waals surface area (Å²) in [5, 5.41) is 5.55. The van der Waals surface area contributed by atoms with Crippen LogP contribution < -0.4 is 10.6 Å². The van der Waals surface area contributed by atoms with Gasteiger partial charge in [-0.2, -0.15) is 0 Å². The Morgan fingerprint density at radius 1 is 1.18 bits per heavy atom. The molecule has 2 rings (SSSR count). The molecule has 0 radical (unpaired) electrons. The van der Waals surface area contributed by atoms with Crippen molar-refractivity contribution < 1.29 is 9.53 Å². The van der Waals surface area contributed by atoms with E-state index < -0.39 is 0 Å².